The minimum atomic E-state index is 0.0491. The van der Waals surface area contributed by atoms with Crippen molar-refractivity contribution in [1.29, 1.82) is 0 Å². The van der Waals surface area contributed by atoms with Gasteiger partial charge in [0.2, 0.25) is 0 Å². The van der Waals surface area contributed by atoms with E-state index in [-0.39, 0.29) is 17.6 Å². The molecule has 2 heterocycles. The van der Waals surface area contributed by atoms with Crippen LogP contribution in [0.1, 0.15) is 43.2 Å². The number of aromatic nitrogens is 1. The molecule has 1 aliphatic carbocycles. The SMILES string of the molecule is CN(C)C1(c2ccccc2)CCC(NC(=O)N2CC=C(c3c[nH]c4ccc(Cl)cc34)CC2)CC1. The maximum Gasteiger partial charge on any atom is 0.317 e. The molecule has 1 aliphatic heterocycles. The molecular formula is C28H33ClN4O. The first-order valence-electron chi connectivity index (χ1n) is 12.2. The Bertz CT molecular complexity index is 1190. The summed E-state index contributed by atoms with van der Waals surface area (Å²) in [7, 11) is 4.34. The lowest BCUT2D eigenvalue weighted by Gasteiger charge is -2.46. The molecule has 0 spiro atoms. The van der Waals surface area contributed by atoms with Crippen molar-refractivity contribution in [2.75, 3.05) is 27.2 Å². The minimum absolute atomic E-state index is 0.0491. The maximum atomic E-state index is 13.0. The molecule has 178 valence electrons. The minimum Gasteiger partial charge on any atom is -0.361 e. The summed E-state index contributed by atoms with van der Waals surface area (Å²) in [6.07, 6.45) is 9.14. The molecule has 0 unspecified atom stereocenters. The van der Waals surface area contributed by atoms with E-state index in [4.69, 9.17) is 11.6 Å². The van der Waals surface area contributed by atoms with Crippen molar-refractivity contribution in [3.05, 3.63) is 77.0 Å². The quantitative estimate of drug-likeness (QED) is 0.483. The highest BCUT2D eigenvalue weighted by atomic mass is 35.5. The van der Waals surface area contributed by atoms with Crippen molar-refractivity contribution < 1.29 is 4.79 Å². The van der Waals surface area contributed by atoms with Gasteiger partial charge in [-0.3, -0.25) is 4.90 Å². The van der Waals surface area contributed by atoms with Crippen LogP contribution in [-0.4, -0.2) is 54.0 Å². The summed E-state index contributed by atoms with van der Waals surface area (Å²) in [5, 5.41) is 5.20. The molecule has 5 nitrogen and oxygen atoms in total. The Labute approximate surface area is 206 Å². The van der Waals surface area contributed by atoms with Crippen molar-refractivity contribution in [3.63, 3.8) is 0 Å². The Morgan fingerprint density at radius 1 is 1.15 bits per heavy atom. The standard InChI is InChI=1S/C28H33ClN4O/c1-32(2)28(21-6-4-3-5-7-21)14-10-23(11-15-28)31-27(34)33-16-12-20(13-17-33)25-19-30-26-9-8-22(29)18-24(25)26/h3-9,12,18-19,23,30H,10-11,13-17H2,1-2H3,(H,31,34). The van der Waals surface area contributed by atoms with Crippen LogP contribution >= 0.6 is 11.6 Å². The second kappa shape index (κ2) is 9.47. The molecule has 5 rings (SSSR count). The topological polar surface area (TPSA) is 51.4 Å². The van der Waals surface area contributed by atoms with Crippen LogP contribution < -0.4 is 5.32 Å². The molecule has 2 amide bonds. The van der Waals surface area contributed by atoms with Crippen LogP contribution in [0, 0.1) is 0 Å². The molecule has 34 heavy (non-hydrogen) atoms. The van der Waals surface area contributed by atoms with Gasteiger partial charge in [-0.15, -0.1) is 0 Å². The zero-order valence-corrected chi connectivity index (χ0v) is 20.7. The summed E-state index contributed by atoms with van der Waals surface area (Å²) < 4.78 is 0. The number of urea groups is 1. The van der Waals surface area contributed by atoms with Crippen LogP contribution in [0.2, 0.25) is 5.02 Å². The molecule has 2 N–H and O–H groups in total. The number of benzene rings is 2. The first kappa shape index (κ1) is 23.0. The van der Waals surface area contributed by atoms with Gasteiger partial charge in [0.1, 0.15) is 0 Å². The smallest absolute Gasteiger partial charge is 0.317 e. The number of nitrogens with one attached hydrogen (secondary N) is 2. The average Bonchev–Trinajstić information content (AvgIpc) is 3.28. The lowest BCUT2D eigenvalue weighted by atomic mass is 9.74. The van der Waals surface area contributed by atoms with Crippen LogP contribution in [-0.2, 0) is 5.54 Å². The monoisotopic (exact) mass is 476 g/mol. The van der Waals surface area contributed by atoms with Crippen LogP contribution in [0.15, 0.2) is 60.8 Å². The summed E-state index contributed by atoms with van der Waals surface area (Å²) in [5.74, 6) is 0. The number of nitrogens with zero attached hydrogens (tertiary/aromatic N) is 2. The zero-order valence-electron chi connectivity index (χ0n) is 20.0. The molecule has 0 saturated heterocycles. The van der Waals surface area contributed by atoms with Crippen molar-refractivity contribution in [2.45, 2.75) is 43.7 Å². The molecule has 0 bridgehead atoms. The molecule has 1 fully saturated rings. The van der Waals surface area contributed by atoms with Gasteiger partial charge in [0, 0.05) is 52.4 Å². The van der Waals surface area contributed by atoms with E-state index in [0.29, 0.717) is 6.54 Å². The van der Waals surface area contributed by atoms with Gasteiger partial charge in [-0.25, -0.2) is 4.79 Å². The summed E-state index contributed by atoms with van der Waals surface area (Å²) in [5.41, 5.74) is 4.96. The molecule has 2 aromatic carbocycles. The van der Waals surface area contributed by atoms with Gasteiger partial charge in [0.05, 0.1) is 0 Å². The number of fused-ring (bicyclic) bond motifs is 1. The Morgan fingerprint density at radius 3 is 2.59 bits per heavy atom. The van der Waals surface area contributed by atoms with Crippen molar-refractivity contribution in [1.82, 2.24) is 20.1 Å². The normalized spacial score (nSPS) is 23.2. The van der Waals surface area contributed by atoms with E-state index in [1.54, 1.807) is 0 Å². The van der Waals surface area contributed by atoms with E-state index in [9.17, 15) is 4.79 Å². The van der Waals surface area contributed by atoms with Gasteiger partial charge in [-0.2, -0.15) is 0 Å². The number of amides is 2. The number of hydrogen-bond acceptors (Lipinski definition) is 2. The second-order valence-corrected chi connectivity index (χ2v) is 10.3. The van der Waals surface area contributed by atoms with Gasteiger partial charge in [-0.05, 0) is 75.5 Å². The number of hydrogen-bond donors (Lipinski definition) is 2. The Hall–Kier alpha value is -2.76. The van der Waals surface area contributed by atoms with E-state index in [2.05, 4.69) is 65.7 Å². The molecule has 2 aliphatic rings. The van der Waals surface area contributed by atoms with Crippen molar-refractivity contribution >= 4 is 34.1 Å². The van der Waals surface area contributed by atoms with Gasteiger partial charge in [-0.1, -0.05) is 48.0 Å². The average molecular weight is 477 g/mol. The number of halogens is 1. The number of carbonyl (C=O) groups excluding carboxylic acids is 1. The zero-order chi connectivity index (χ0) is 23.7. The molecule has 6 heteroatoms. The number of H-pyrrole nitrogens is 1. The van der Waals surface area contributed by atoms with Crippen molar-refractivity contribution in [2.24, 2.45) is 0 Å². The van der Waals surface area contributed by atoms with Gasteiger partial charge in [0.25, 0.3) is 0 Å². The predicted octanol–water partition coefficient (Wildman–Crippen LogP) is 6.02. The Morgan fingerprint density at radius 2 is 1.91 bits per heavy atom. The molecule has 3 aromatic rings. The number of rotatable bonds is 4. The molecule has 1 saturated carbocycles. The van der Waals surface area contributed by atoms with E-state index in [0.717, 1.165) is 54.6 Å². The maximum absolute atomic E-state index is 13.0. The van der Waals surface area contributed by atoms with Gasteiger partial charge < -0.3 is 15.2 Å². The summed E-state index contributed by atoms with van der Waals surface area (Å²) in [6, 6.07) is 17.0. The Kier molecular flexibility index (Phi) is 6.41. The third kappa shape index (κ3) is 4.35. The van der Waals surface area contributed by atoms with E-state index < -0.39 is 0 Å². The third-order valence-electron chi connectivity index (χ3n) is 7.79. The van der Waals surface area contributed by atoms with E-state index in [1.807, 2.05) is 29.3 Å². The Balaban J connectivity index is 1.20. The van der Waals surface area contributed by atoms with Gasteiger partial charge >= 0.3 is 6.03 Å². The van der Waals surface area contributed by atoms with Crippen LogP contribution in [0.25, 0.3) is 16.5 Å². The lowest BCUT2D eigenvalue weighted by Crippen LogP contribution is -2.51. The lowest BCUT2D eigenvalue weighted by molar-refractivity contribution is 0.0855. The van der Waals surface area contributed by atoms with E-state index in [1.165, 1.54) is 16.7 Å². The summed E-state index contributed by atoms with van der Waals surface area (Å²) >= 11 is 6.22. The fraction of sp³-hybridized carbons (Fsp3) is 0.393. The highest BCUT2D eigenvalue weighted by Gasteiger charge is 2.39. The molecule has 0 atom stereocenters. The molecule has 1 aromatic heterocycles. The van der Waals surface area contributed by atoms with Crippen LogP contribution in [0.4, 0.5) is 4.79 Å². The van der Waals surface area contributed by atoms with Crippen LogP contribution in [0.5, 0.6) is 0 Å². The van der Waals surface area contributed by atoms with Crippen LogP contribution in [0.3, 0.4) is 0 Å². The fourth-order valence-corrected chi connectivity index (χ4v) is 5.88. The van der Waals surface area contributed by atoms with Crippen molar-refractivity contribution in [3.8, 4) is 0 Å². The molecule has 0 radical (unpaired) electrons. The van der Waals surface area contributed by atoms with E-state index >= 15 is 0 Å². The first-order chi connectivity index (χ1) is 16.5. The second-order valence-electron chi connectivity index (χ2n) is 9.83. The number of carbonyl (C=O) groups is 1. The number of aromatic amines is 1. The largest absolute Gasteiger partial charge is 0.361 e. The summed E-state index contributed by atoms with van der Waals surface area (Å²) in [6.45, 7) is 1.36. The highest BCUT2D eigenvalue weighted by Crippen LogP contribution is 2.41. The fourth-order valence-electron chi connectivity index (χ4n) is 5.70. The molecular weight excluding hydrogens is 444 g/mol. The van der Waals surface area contributed by atoms with Gasteiger partial charge in [0.15, 0.2) is 0 Å². The first-order valence-corrected chi connectivity index (χ1v) is 12.6. The third-order valence-corrected chi connectivity index (χ3v) is 8.03. The summed E-state index contributed by atoms with van der Waals surface area (Å²) in [4.78, 5) is 20.6. The highest BCUT2D eigenvalue weighted by molar-refractivity contribution is 6.31. The predicted molar refractivity (Wildman–Crippen MR) is 140 cm³/mol.